The van der Waals surface area contributed by atoms with E-state index in [1.165, 1.54) is 11.3 Å². The molecule has 0 aliphatic carbocycles. The van der Waals surface area contributed by atoms with Crippen molar-refractivity contribution in [1.29, 1.82) is 0 Å². The SMILES string of the molecule is O=C(Nc1nc2ccccc2o1)c1ccc(Cl)s1. The lowest BCUT2D eigenvalue weighted by molar-refractivity contribution is 0.102. The Bertz CT molecular complexity index is 687. The molecular weight excluding hydrogens is 272 g/mol. The first-order valence-corrected chi connectivity index (χ1v) is 6.34. The Kier molecular flexibility index (Phi) is 2.77. The molecule has 0 aliphatic heterocycles. The number of halogens is 1. The van der Waals surface area contributed by atoms with E-state index in [9.17, 15) is 4.79 Å². The van der Waals surface area contributed by atoms with Crippen LogP contribution in [0.1, 0.15) is 9.67 Å². The van der Waals surface area contributed by atoms with Crippen LogP contribution in [0.25, 0.3) is 11.1 Å². The second-order valence-corrected chi connectivity index (χ2v) is 5.26. The van der Waals surface area contributed by atoms with Crippen LogP contribution in [-0.2, 0) is 0 Å². The third kappa shape index (κ3) is 2.10. The molecule has 4 nitrogen and oxygen atoms in total. The maximum Gasteiger partial charge on any atom is 0.302 e. The summed E-state index contributed by atoms with van der Waals surface area (Å²) in [5.41, 5.74) is 1.34. The molecule has 2 heterocycles. The lowest BCUT2D eigenvalue weighted by atomic mass is 10.3. The smallest absolute Gasteiger partial charge is 0.302 e. The molecule has 0 atom stereocenters. The number of fused-ring (bicyclic) bond motifs is 1. The summed E-state index contributed by atoms with van der Waals surface area (Å²) in [5.74, 6) is -0.279. The van der Waals surface area contributed by atoms with Gasteiger partial charge in [0.1, 0.15) is 5.52 Å². The summed E-state index contributed by atoms with van der Waals surface area (Å²) < 4.78 is 5.96. The van der Waals surface area contributed by atoms with Crippen LogP contribution in [0, 0.1) is 0 Å². The highest BCUT2D eigenvalue weighted by molar-refractivity contribution is 7.18. The lowest BCUT2D eigenvalue weighted by Crippen LogP contribution is -2.10. The number of anilines is 1. The van der Waals surface area contributed by atoms with Crippen molar-refractivity contribution in [3.63, 3.8) is 0 Å². The molecule has 18 heavy (non-hydrogen) atoms. The summed E-state index contributed by atoms with van der Waals surface area (Å²) in [7, 11) is 0. The summed E-state index contributed by atoms with van der Waals surface area (Å²) >= 11 is 6.98. The topological polar surface area (TPSA) is 55.1 Å². The van der Waals surface area contributed by atoms with Gasteiger partial charge in [-0.25, -0.2) is 0 Å². The fourth-order valence-corrected chi connectivity index (χ4v) is 2.46. The van der Waals surface area contributed by atoms with Crippen molar-refractivity contribution in [2.24, 2.45) is 0 Å². The summed E-state index contributed by atoms with van der Waals surface area (Å²) in [4.78, 5) is 16.5. The highest BCUT2D eigenvalue weighted by Gasteiger charge is 2.12. The Balaban J connectivity index is 1.86. The van der Waals surface area contributed by atoms with Crippen LogP contribution in [-0.4, -0.2) is 10.9 Å². The first-order valence-electron chi connectivity index (χ1n) is 5.14. The van der Waals surface area contributed by atoms with Crippen LogP contribution in [0.4, 0.5) is 6.01 Å². The van der Waals surface area contributed by atoms with E-state index >= 15 is 0 Å². The number of para-hydroxylation sites is 2. The normalized spacial score (nSPS) is 10.7. The van der Waals surface area contributed by atoms with Crippen molar-refractivity contribution in [1.82, 2.24) is 4.98 Å². The van der Waals surface area contributed by atoms with Crippen LogP contribution in [0.5, 0.6) is 0 Å². The van der Waals surface area contributed by atoms with Gasteiger partial charge in [0.2, 0.25) is 0 Å². The van der Waals surface area contributed by atoms with Gasteiger partial charge < -0.3 is 4.42 Å². The van der Waals surface area contributed by atoms with E-state index in [-0.39, 0.29) is 11.9 Å². The molecule has 6 heteroatoms. The molecule has 1 N–H and O–H groups in total. The predicted octanol–water partition coefficient (Wildman–Crippen LogP) is 3.80. The number of nitrogens with zero attached hydrogens (tertiary/aromatic N) is 1. The van der Waals surface area contributed by atoms with Gasteiger partial charge in [-0.2, -0.15) is 4.98 Å². The Hall–Kier alpha value is -1.85. The molecular formula is C12H7ClN2O2S. The lowest BCUT2D eigenvalue weighted by Gasteiger charge is -1.95. The summed E-state index contributed by atoms with van der Waals surface area (Å²) in [6, 6.07) is 10.8. The zero-order valence-corrected chi connectivity index (χ0v) is 10.6. The quantitative estimate of drug-likeness (QED) is 0.776. The van der Waals surface area contributed by atoms with E-state index in [4.69, 9.17) is 16.0 Å². The molecule has 3 aromatic rings. The van der Waals surface area contributed by atoms with E-state index in [1.54, 1.807) is 18.2 Å². The molecule has 0 saturated heterocycles. The van der Waals surface area contributed by atoms with E-state index in [0.717, 1.165) is 0 Å². The van der Waals surface area contributed by atoms with Crippen molar-refractivity contribution in [2.45, 2.75) is 0 Å². The van der Waals surface area contributed by atoms with E-state index in [2.05, 4.69) is 10.3 Å². The number of thiophene rings is 1. The number of carbonyl (C=O) groups excluding carboxylic acids is 1. The number of nitrogens with one attached hydrogen (secondary N) is 1. The second kappa shape index (κ2) is 4.44. The molecule has 0 radical (unpaired) electrons. The van der Waals surface area contributed by atoms with Gasteiger partial charge in [-0.3, -0.25) is 10.1 Å². The number of rotatable bonds is 2. The van der Waals surface area contributed by atoms with E-state index in [1.807, 2.05) is 18.2 Å². The van der Waals surface area contributed by atoms with Crippen molar-refractivity contribution in [3.05, 3.63) is 45.6 Å². The predicted molar refractivity (Wildman–Crippen MR) is 71.3 cm³/mol. The zero-order chi connectivity index (χ0) is 12.5. The van der Waals surface area contributed by atoms with Gasteiger partial charge in [0.05, 0.1) is 9.21 Å². The van der Waals surface area contributed by atoms with Crippen molar-refractivity contribution in [3.8, 4) is 0 Å². The van der Waals surface area contributed by atoms with Gasteiger partial charge in [-0.1, -0.05) is 23.7 Å². The minimum absolute atomic E-state index is 0.186. The van der Waals surface area contributed by atoms with Crippen LogP contribution < -0.4 is 5.32 Å². The monoisotopic (exact) mass is 278 g/mol. The number of hydrogen-bond donors (Lipinski definition) is 1. The highest BCUT2D eigenvalue weighted by atomic mass is 35.5. The largest absolute Gasteiger partial charge is 0.423 e. The minimum atomic E-state index is -0.279. The molecule has 3 rings (SSSR count). The molecule has 1 amide bonds. The number of carbonyl (C=O) groups is 1. The van der Waals surface area contributed by atoms with Crippen LogP contribution in [0.3, 0.4) is 0 Å². The van der Waals surface area contributed by atoms with Gasteiger partial charge in [0.15, 0.2) is 5.58 Å². The Morgan fingerprint density at radius 1 is 1.28 bits per heavy atom. The number of amides is 1. The average molecular weight is 279 g/mol. The first-order chi connectivity index (χ1) is 8.72. The van der Waals surface area contributed by atoms with Gasteiger partial charge in [-0.05, 0) is 24.3 Å². The summed E-state index contributed by atoms with van der Waals surface area (Å²) in [5, 5.41) is 2.60. The first kappa shape index (κ1) is 11.3. The van der Waals surface area contributed by atoms with Gasteiger partial charge in [0.25, 0.3) is 5.91 Å². The maximum absolute atomic E-state index is 11.8. The standard InChI is InChI=1S/C12H7ClN2O2S/c13-10-6-5-9(18-10)11(16)15-12-14-7-3-1-2-4-8(7)17-12/h1-6H,(H,14,15,16). The number of oxazole rings is 1. The van der Waals surface area contributed by atoms with Crippen molar-refractivity contribution < 1.29 is 9.21 Å². The molecule has 0 fully saturated rings. The van der Waals surface area contributed by atoms with Gasteiger partial charge in [0, 0.05) is 0 Å². The second-order valence-electron chi connectivity index (χ2n) is 3.54. The Morgan fingerprint density at radius 2 is 2.11 bits per heavy atom. The molecule has 2 aromatic heterocycles. The Morgan fingerprint density at radius 3 is 2.83 bits per heavy atom. The fourth-order valence-electron chi connectivity index (χ4n) is 1.52. The van der Waals surface area contributed by atoms with Crippen LogP contribution >= 0.6 is 22.9 Å². The van der Waals surface area contributed by atoms with Crippen LogP contribution in [0.15, 0.2) is 40.8 Å². The van der Waals surface area contributed by atoms with Gasteiger partial charge in [-0.15, -0.1) is 11.3 Å². The molecule has 1 aromatic carbocycles. The van der Waals surface area contributed by atoms with E-state index < -0.39 is 0 Å². The minimum Gasteiger partial charge on any atom is -0.423 e. The third-order valence-electron chi connectivity index (χ3n) is 2.31. The zero-order valence-electron chi connectivity index (χ0n) is 9.01. The molecule has 0 spiro atoms. The third-order valence-corrected chi connectivity index (χ3v) is 3.54. The molecule has 0 unspecified atom stereocenters. The molecule has 0 aliphatic rings. The van der Waals surface area contributed by atoms with Crippen molar-refractivity contribution >= 4 is 46.0 Å². The van der Waals surface area contributed by atoms with Gasteiger partial charge >= 0.3 is 6.01 Å². The molecule has 90 valence electrons. The summed E-state index contributed by atoms with van der Waals surface area (Å²) in [6.45, 7) is 0. The number of aromatic nitrogens is 1. The highest BCUT2D eigenvalue weighted by Crippen LogP contribution is 2.23. The summed E-state index contributed by atoms with van der Waals surface area (Å²) in [6.07, 6.45) is 0. The average Bonchev–Trinajstić information content (AvgIpc) is 2.94. The fraction of sp³-hybridized carbons (Fsp3) is 0. The van der Waals surface area contributed by atoms with Crippen LogP contribution in [0.2, 0.25) is 4.34 Å². The van der Waals surface area contributed by atoms with E-state index in [0.29, 0.717) is 20.3 Å². The maximum atomic E-state index is 11.8. The number of benzene rings is 1. The molecule has 0 bridgehead atoms. The number of hydrogen-bond acceptors (Lipinski definition) is 4. The Labute approximate surface area is 111 Å². The molecule has 0 saturated carbocycles. The van der Waals surface area contributed by atoms with Crippen molar-refractivity contribution in [2.75, 3.05) is 5.32 Å².